The lowest BCUT2D eigenvalue weighted by Crippen LogP contribution is -2.34. The Kier molecular flexibility index (Phi) is 4.17. The van der Waals surface area contributed by atoms with Crippen LogP contribution < -0.4 is 5.32 Å². The highest BCUT2D eigenvalue weighted by Gasteiger charge is 2.42. The highest BCUT2D eigenvalue weighted by molar-refractivity contribution is 5.50. The molecule has 2 atom stereocenters. The van der Waals surface area contributed by atoms with Crippen LogP contribution in [0.1, 0.15) is 31.2 Å². The summed E-state index contributed by atoms with van der Waals surface area (Å²) in [6.07, 6.45) is -2.84. The molecule has 0 amide bonds. The number of hydrogen-bond acceptors (Lipinski definition) is 2. The van der Waals surface area contributed by atoms with Crippen LogP contribution in [0.2, 0.25) is 0 Å². The van der Waals surface area contributed by atoms with E-state index in [1.165, 1.54) is 12.1 Å². The molecule has 0 bridgehead atoms. The van der Waals surface area contributed by atoms with Crippen molar-refractivity contribution >= 4 is 5.69 Å². The summed E-state index contributed by atoms with van der Waals surface area (Å²) in [5, 5.41) is 11.7. The number of nitrogens with one attached hydrogen (secondary N) is 1. The van der Waals surface area contributed by atoms with Gasteiger partial charge in [0.1, 0.15) is 11.9 Å². The maximum absolute atomic E-state index is 13.2. The molecule has 1 saturated carbocycles. The van der Waals surface area contributed by atoms with Crippen LogP contribution in [0.25, 0.3) is 0 Å². The second-order valence-electron chi connectivity index (χ2n) is 5.05. The van der Waals surface area contributed by atoms with Gasteiger partial charge in [0.25, 0.3) is 0 Å². The van der Waals surface area contributed by atoms with Gasteiger partial charge in [-0.25, -0.2) is 4.39 Å². The summed E-state index contributed by atoms with van der Waals surface area (Å²) in [6.45, 7) is 0. The van der Waals surface area contributed by atoms with Gasteiger partial charge in [0.15, 0.2) is 0 Å². The Bertz CT molecular complexity index is 519. The SMILES string of the molecule is N#Cc1cc(NC2CCCC(C(F)(F)F)C2)ccc1F. The van der Waals surface area contributed by atoms with E-state index >= 15 is 0 Å². The molecule has 1 fully saturated rings. The first kappa shape index (κ1) is 14.6. The summed E-state index contributed by atoms with van der Waals surface area (Å²) in [4.78, 5) is 0. The van der Waals surface area contributed by atoms with E-state index in [1.807, 2.05) is 0 Å². The minimum Gasteiger partial charge on any atom is -0.382 e. The molecule has 0 aromatic heterocycles. The fourth-order valence-corrected chi connectivity index (χ4v) is 2.55. The minimum absolute atomic E-state index is 0.0166. The van der Waals surface area contributed by atoms with Crippen molar-refractivity contribution in [1.29, 1.82) is 5.26 Å². The van der Waals surface area contributed by atoms with Crippen LogP contribution in [0.15, 0.2) is 18.2 Å². The number of rotatable bonds is 2. The van der Waals surface area contributed by atoms with E-state index in [1.54, 1.807) is 6.07 Å². The molecular weight excluding hydrogens is 272 g/mol. The zero-order chi connectivity index (χ0) is 14.8. The summed E-state index contributed by atoms with van der Waals surface area (Å²) < 4.78 is 51.3. The summed E-state index contributed by atoms with van der Waals surface area (Å²) in [5.74, 6) is -1.92. The molecule has 0 spiro atoms. The van der Waals surface area contributed by atoms with Crippen LogP contribution in [-0.2, 0) is 0 Å². The van der Waals surface area contributed by atoms with Gasteiger partial charge in [-0.1, -0.05) is 6.42 Å². The Balaban J connectivity index is 2.05. The van der Waals surface area contributed by atoms with Crippen molar-refractivity contribution in [3.8, 4) is 6.07 Å². The standard InChI is InChI=1S/C14H14F4N2/c15-13-5-4-12(6-9(13)8-19)20-11-3-1-2-10(7-11)14(16,17)18/h4-6,10-11,20H,1-3,7H2. The lowest BCUT2D eigenvalue weighted by atomic mass is 9.85. The molecule has 1 N–H and O–H groups in total. The average Bonchev–Trinajstić information content (AvgIpc) is 2.40. The quantitative estimate of drug-likeness (QED) is 0.826. The largest absolute Gasteiger partial charge is 0.391 e. The van der Waals surface area contributed by atoms with Gasteiger partial charge in [-0.05, 0) is 37.5 Å². The summed E-state index contributed by atoms with van der Waals surface area (Å²) in [7, 11) is 0. The first-order valence-electron chi connectivity index (χ1n) is 6.43. The van der Waals surface area contributed by atoms with Gasteiger partial charge >= 0.3 is 6.18 Å². The highest BCUT2D eigenvalue weighted by Crippen LogP contribution is 2.38. The van der Waals surface area contributed by atoms with Gasteiger partial charge in [0.2, 0.25) is 0 Å². The molecule has 0 heterocycles. The molecule has 1 aliphatic carbocycles. The van der Waals surface area contributed by atoms with Crippen molar-refractivity contribution in [3.63, 3.8) is 0 Å². The van der Waals surface area contributed by atoms with E-state index < -0.39 is 17.9 Å². The van der Waals surface area contributed by atoms with Crippen LogP contribution in [0, 0.1) is 23.1 Å². The van der Waals surface area contributed by atoms with Crippen LogP contribution in [-0.4, -0.2) is 12.2 Å². The predicted octanol–water partition coefficient (Wildman–Crippen LogP) is 4.23. The maximum atomic E-state index is 13.2. The van der Waals surface area contributed by atoms with E-state index in [0.29, 0.717) is 18.5 Å². The smallest absolute Gasteiger partial charge is 0.382 e. The number of anilines is 1. The average molecular weight is 286 g/mol. The Morgan fingerprint density at radius 2 is 2.00 bits per heavy atom. The molecule has 0 aliphatic heterocycles. The van der Waals surface area contributed by atoms with Crippen molar-refractivity contribution in [2.45, 2.75) is 37.9 Å². The predicted molar refractivity (Wildman–Crippen MR) is 66.5 cm³/mol. The van der Waals surface area contributed by atoms with E-state index in [4.69, 9.17) is 5.26 Å². The molecule has 1 aliphatic rings. The third-order valence-corrected chi connectivity index (χ3v) is 3.59. The van der Waals surface area contributed by atoms with E-state index in [2.05, 4.69) is 5.32 Å². The van der Waals surface area contributed by atoms with Gasteiger partial charge < -0.3 is 5.32 Å². The van der Waals surface area contributed by atoms with Crippen LogP contribution >= 0.6 is 0 Å². The van der Waals surface area contributed by atoms with Gasteiger partial charge in [-0.15, -0.1) is 0 Å². The van der Waals surface area contributed by atoms with Crippen LogP contribution in [0.4, 0.5) is 23.2 Å². The normalized spacial score (nSPS) is 23.1. The zero-order valence-electron chi connectivity index (χ0n) is 10.7. The number of alkyl halides is 3. The first-order chi connectivity index (χ1) is 9.40. The Morgan fingerprint density at radius 3 is 2.65 bits per heavy atom. The molecule has 2 unspecified atom stereocenters. The minimum atomic E-state index is -4.17. The van der Waals surface area contributed by atoms with Crippen molar-refractivity contribution < 1.29 is 17.6 Å². The van der Waals surface area contributed by atoms with E-state index in [0.717, 1.165) is 6.07 Å². The monoisotopic (exact) mass is 286 g/mol. The van der Waals surface area contributed by atoms with Crippen molar-refractivity contribution in [3.05, 3.63) is 29.6 Å². The summed E-state index contributed by atoms with van der Waals surface area (Å²) in [5.41, 5.74) is 0.369. The van der Waals surface area contributed by atoms with Gasteiger partial charge in [0, 0.05) is 11.7 Å². The van der Waals surface area contributed by atoms with Gasteiger partial charge in [0.05, 0.1) is 11.5 Å². The molecule has 2 nitrogen and oxygen atoms in total. The zero-order valence-corrected chi connectivity index (χ0v) is 10.7. The van der Waals surface area contributed by atoms with Crippen molar-refractivity contribution in [2.24, 2.45) is 5.92 Å². The fraction of sp³-hybridized carbons (Fsp3) is 0.500. The number of halogens is 4. The van der Waals surface area contributed by atoms with E-state index in [-0.39, 0.29) is 24.4 Å². The number of hydrogen-bond donors (Lipinski definition) is 1. The molecule has 108 valence electrons. The second-order valence-corrected chi connectivity index (χ2v) is 5.05. The fourth-order valence-electron chi connectivity index (χ4n) is 2.55. The highest BCUT2D eigenvalue weighted by atomic mass is 19.4. The summed E-state index contributed by atoms with van der Waals surface area (Å²) >= 11 is 0. The molecule has 0 radical (unpaired) electrons. The van der Waals surface area contributed by atoms with E-state index in [9.17, 15) is 17.6 Å². The lowest BCUT2D eigenvalue weighted by Gasteiger charge is -2.31. The molecule has 0 saturated heterocycles. The Hall–Kier alpha value is -1.77. The Morgan fingerprint density at radius 1 is 1.25 bits per heavy atom. The molecular formula is C14H14F4N2. The Labute approximate surface area is 114 Å². The number of benzene rings is 1. The second kappa shape index (κ2) is 5.70. The van der Waals surface area contributed by atoms with Crippen LogP contribution in [0.3, 0.4) is 0 Å². The van der Waals surface area contributed by atoms with Gasteiger partial charge in [-0.2, -0.15) is 18.4 Å². The van der Waals surface area contributed by atoms with Crippen molar-refractivity contribution in [1.82, 2.24) is 0 Å². The topological polar surface area (TPSA) is 35.8 Å². The molecule has 20 heavy (non-hydrogen) atoms. The van der Waals surface area contributed by atoms with Crippen molar-refractivity contribution in [2.75, 3.05) is 5.32 Å². The molecule has 6 heteroatoms. The maximum Gasteiger partial charge on any atom is 0.391 e. The number of nitrogens with zero attached hydrogens (tertiary/aromatic N) is 1. The third kappa shape index (κ3) is 3.41. The molecule has 1 aromatic rings. The third-order valence-electron chi connectivity index (χ3n) is 3.59. The van der Waals surface area contributed by atoms with Crippen LogP contribution in [0.5, 0.6) is 0 Å². The molecule has 1 aromatic carbocycles. The number of nitriles is 1. The molecule has 2 rings (SSSR count). The lowest BCUT2D eigenvalue weighted by molar-refractivity contribution is -0.182. The summed E-state index contributed by atoms with van der Waals surface area (Å²) in [6, 6.07) is 5.32. The van der Waals surface area contributed by atoms with Gasteiger partial charge in [-0.3, -0.25) is 0 Å². The first-order valence-corrected chi connectivity index (χ1v) is 6.43.